The molecule has 1 aromatic heterocycles. The van der Waals surface area contributed by atoms with E-state index in [4.69, 9.17) is 4.74 Å². The maximum Gasteiger partial charge on any atom is 0.326 e. The fourth-order valence-corrected chi connectivity index (χ4v) is 4.54. The Bertz CT molecular complexity index is 811. The van der Waals surface area contributed by atoms with Gasteiger partial charge in [-0.3, -0.25) is 14.7 Å². The monoisotopic (exact) mass is 356 g/mol. The average molecular weight is 356 g/mol. The molecule has 5 heteroatoms. The van der Waals surface area contributed by atoms with Crippen molar-refractivity contribution >= 4 is 16.9 Å². The number of carbonyl (C=O) groups excluding carboxylic acids is 1. The van der Waals surface area contributed by atoms with Crippen LogP contribution in [0.25, 0.3) is 10.9 Å². The molecule has 1 aromatic carbocycles. The summed E-state index contributed by atoms with van der Waals surface area (Å²) in [5, 5.41) is 0.912. The molecule has 0 bridgehead atoms. The first-order valence-electron chi connectivity index (χ1n) is 9.60. The highest BCUT2D eigenvalue weighted by molar-refractivity contribution is 5.83. The van der Waals surface area contributed by atoms with Gasteiger partial charge in [0.15, 0.2) is 0 Å². The van der Waals surface area contributed by atoms with E-state index in [1.54, 1.807) is 12.1 Å². The highest BCUT2D eigenvalue weighted by Crippen LogP contribution is 2.42. The van der Waals surface area contributed by atoms with Crippen molar-refractivity contribution in [1.29, 1.82) is 0 Å². The maximum atomic E-state index is 13.7. The van der Waals surface area contributed by atoms with Gasteiger partial charge < -0.3 is 4.74 Å². The summed E-state index contributed by atoms with van der Waals surface area (Å²) in [4.78, 5) is 19.2. The molecule has 2 heterocycles. The van der Waals surface area contributed by atoms with Crippen molar-refractivity contribution in [3.05, 3.63) is 41.8 Å². The van der Waals surface area contributed by atoms with E-state index in [0.717, 1.165) is 56.1 Å². The van der Waals surface area contributed by atoms with Gasteiger partial charge in [0.2, 0.25) is 0 Å². The molecule has 1 aliphatic heterocycles. The second-order valence-corrected chi connectivity index (χ2v) is 7.43. The number of piperidine rings is 1. The Morgan fingerprint density at radius 1 is 1.31 bits per heavy atom. The fourth-order valence-electron chi connectivity index (χ4n) is 4.54. The number of aromatic nitrogens is 1. The van der Waals surface area contributed by atoms with Gasteiger partial charge in [-0.1, -0.05) is 0 Å². The lowest BCUT2D eigenvalue weighted by Gasteiger charge is -2.50. The van der Waals surface area contributed by atoms with Gasteiger partial charge in [-0.2, -0.15) is 0 Å². The third-order valence-corrected chi connectivity index (χ3v) is 6.11. The van der Waals surface area contributed by atoms with Crippen LogP contribution in [0.5, 0.6) is 0 Å². The van der Waals surface area contributed by atoms with Crippen molar-refractivity contribution in [3.8, 4) is 0 Å². The largest absolute Gasteiger partial charge is 0.465 e. The molecule has 1 saturated heterocycles. The summed E-state index contributed by atoms with van der Waals surface area (Å²) in [6, 6.07) is 6.82. The topological polar surface area (TPSA) is 42.4 Å². The Morgan fingerprint density at radius 3 is 2.73 bits per heavy atom. The summed E-state index contributed by atoms with van der Waals surface area (Å²) < 4.78 is 19.1. The minimum atomic E-state index is -0.395. The van der Waals surface area contributed by atoms with Crippen LogP contribution in [0.1, 0.15) is 50.5 Å². The number of hydrogen-bond donors (Lipinski definition) is 0. The number of ether oxygens (including phenoxy) is 1. The predicted molar refractivity (Wildman–Crippen MR) is 98.5 cm³/mol. The Balaban J connectivity index is 1.52. The lowest BCUT2D eigenvalue weighted by atomic mass is 9.73. The van der Waals surface area contributed by atoms with E-state index in [0.29, 0.717) is 12.5 Å². The number of benzene rings is 1. The number of halogens is 1. The molecule has 1 saturated carbocycles. The smallest absolute Gasteiger partial charge is 0.326 e. The first kappa shape index (κ1) is 17.4. The van der Waals surface area contributed by atoms with Crippen molar-refractivity contribution in [3.63, 3.8) is 0 Å². The molecule has 0 amide bonds. The van der Waals surface area contributed by atoms with Crippen LogP contribution in [0, 0.1) is 5.82 Å². The van der Waals surface area contributed by atoms with E-state index in [1.807, 2.05) is 19.2 Å². The molecule has 2 aromatic rings. The second-order valence-electron chi connectivity index (χ2n) is 7.43. The van der Waals surface area contributed by atoms with Crippen LogP contribution in [0.3, 0.4) is 0 Å². The molecule has 0 spiro atoms. The van der Waals surface area contributed by atoms with Crippen LogP contribution in [0.15, 0.2) is 30.5 Å². The second kappa shape index (κ2) is 6.95. The molecule has 0 N–H and O–H groups in total. The number of esters is 1. The molecule has 4 nitrogen and oxygen atoms in total. The Labute approximate surface area is 153 Å². The van der Waals surface area contributed by atoms with Gasteiger partial charge in [0.1, 0.15) is 11.4 Å². The SMILES string of the molecule is CCOC(=O)C1(N2CCC(c3ccnc4ccc(F)cc34)CC2)CCC1. The van der Waals surface area contributed by atoms with Gasteiger partial charge in [0, 0.05) is 11.6 Å². The first-order chi connectivity index (χ1) is 12.6. The number of hydrogen-bond acceptors (Lipinski definition) is 4. The Hall–Kier alpha value is -2.01. The van der Waals surface area contributed by atoms with Crippen LogP contribution in [-0.2, 0) is 9.53 Å². The average Bonchev–Trinajstić information content (AvgIpc) is 2.61. The Morgan fingerprint density at radius 2 is 2.08 bits per heavy atom. The van der Waals surface area contributed by atoms with E-state index >= 15 is 0 Å². The van der Waals surface area contributed by atoms with Crippen LogP contribution in [-0.4, -0.2) is 41.1 Å². The molecular formula is C21H25FN2O2. The van der Waals surface area contributed by atoms with E-state index in [2.05, 4.69) is 9.88 Å². The van der Waals surface area contributed by atoms with Crippen molar-refractivity contribution in [2.75, 3.05) is 19.7 Å². The first-order valence-corrected chi connectivity index (χ1v) is 9.60. The van der Waals surface area contributed by atoms with Crippen LogP contribution >= 0.6 is 0 Å². The van der Waals surface area contributed by atoms with E-state index in [9.17, 15) is 9.18 Å². The van der Waals surface area contributed by atoms with Gasteiger partial charge in [-0.05, 0) is 87.9 Å². The lowest BCUT2D eigenvalue weighted by molar-refractivity contribution is -0.166. The van der Waals surface area contributed by atoms with Crippen molar-refractivity contribution < 1.29 is 13.9 Å². The van der Waals surface area contributed by atoms with Crippen LogP contribution in [0.2, 0.25) is 0 Å². The molecule has 0 unspecified atom stereocenters. The summed E-state index contributed by atoms with van der Waals surface area (Å²) in [6.45, 7) is 4.06. The number of rotatable bonds is 4. The number of pyridine rings is 1. The normalized spacial score (nSPS) is 20.7. The molecule has 4 rings (SSSR count). The van der Waals surface area contributed by atoms with Crippen molar-refractivity contribution in [1.82, 2.24) is 9.88 Å². The van der Waals surface area contributed by atoms with Gasteiger partial charge in [-0.25, -0.2) is 4.39 Å². The maximum absolute atomic E-state index is 13.7. The Kier molecular flexibility index (Phi) is 4.65. The quantitative estimate of drug-likeness (QED) is 0.776. The van der Waals surface area contributed by atoms with Gasteiger partial charge in [0.05, 0.1) is 12.1 Å². The highest BCUT2D eigenvalue weighted by atomic mass is 19.1. The van der Waals surface area contributed by atoms with E-state index in [-0.39, 0.29) is 11.8 Å². The van der Waals surface area contributed by atoms with Crippen LogP contribution < -0.4 is 0 Å². The van der Waals surface area contributed by atoms with Crippen molar-refractivity contribution in [2.45, 2.75) is 50.5 Å². The zero-order valence-electron chi connectivity index (χ0n) is 15.2. The number of nitrogens with zero attached hydrogens (tertiary/aromatic N) is 2. The van der Waals surface area contributed by atoms with Gasteiger partial charge >= 0.3 is 5.97 Å². The minimum absolute atomic E-state index is 0.0545. The summed E-state index contributed by atoms with van der Waals surface area (Å²) in [7, 11) is 0. The van der Waals surface area contributed by atoms with Gasteiger partial charge in [-0.15, -0.1) is 0 Å². The number of likely N-dealkylation sites (tertiary alicyclic amines) is 1. The minimum Gasteiger partial charge on any atom is -0.465 e. The zero-order valence-corrected chi connectivity index (χ0v) is 15.2. The molecule has 0 radical (unpaired) electrons. The molecule has 1 aliphatic carbocycles. The lowest BCUT2D eigenvalue weighted by Crippen LogP contribution is -2.61. The number of carbonyl (C=O) groups is 1. The molecule has 138 valence electrons. The summed E-state index contributed by atoms with van der Waals surface area (Å²) in [5.74, 6) is 0.0962. The summed E-state index contributed by atoms with van der Waals surface area (Å²) in [6.07, 6.45) is 6.65. The molecule has 0 atom stereocenters. The summed E-state index contributed by atoms with van der Waals surface area (Å²) in [5.41, 5.74) is 1.62. The highest BCUT2D eigenvalue weighted by Gasteiger charge is 2.50. The zero-order chi connectivity index (χ0) is 18.1. The molecule has 2 fully saturated rings. The van der Waals surface area contributed by atoms with Crippen molar-refractivity contribution in [2.24, 2.45) is 0 Å². The molecular weight excluding hydrogens is 331 g/mol. The van der Waals surface area contributed by atoms with Gasteiger partial charge in [0.25, 0.3) is 0 Å². The number of fused-ring (bicyclic) bond motifs is 1. The van der Waals surface area contributed by atoms with E-state index in [1.165, 1.54) is 11.6 Å². The predicted octanol–water partition coefficient (Wildman–Crippen LogP) is 4.04. The summed E-state index contributed by atoms with van der Waals surface area (Å²) >= 11 is 0. The molecule has 26 heavy (non-hydrogen) atoms. The van der Waals surface area contributed by atoms with E-state index < -0.39 is 5.54 Å². The van der Waals surface area contributed by atoms with Crippen LogP contribution in [0.4, 0.5) is 4.39 Å². The third-order valence-electron chi connectivity index (χ3n) is 6.11. The molecule has 2 aliphatic rings. The fraction of sp³-hybridized carbons (Fsp3) is 0.524. The standard InChI is InChI=1S/C21H25FN2O2/c1-2-26-20(25)21(9-3-10-21)24-12-7-15(8-13-24)17-6-11-23-19-5-4-16(22)14-18(17)19/h4-6,11,14-15H,2-3,7-10,12-13H2,1H3. The third kappa shape index (κ3) is 2.88.